The maximum absolute atomic E-state index is 13.8. The van der Waals surface area contributed by atoms with Gasteiger partial charge in [-0.1, -0.05) is 12.1 Å². The largest absolute Gasteiger partial charge is 0.461 e. The molecular weight excluding hydrogens is 549 g/mol. The Bertz CT molecular complexity index is 1590. The summed E-state index contributed by atoms with van der Waals surface area (Å²) in [5.41, 5.74) is -4.11. The lowest BCUT2D eigenvalue weighted by atomic mass is 10.1. The first-order chi connectivity index (χ1) is 18.7. The van der Waals surface area contributed by atoms with Crippen LogP contribution in [-0.4, -0.2) is 26.6 Å². The average Bonchev–Trinajstić information content (AvgIpc) is 3.11. The van der Waals surface area contributed by atoms with E-state index in [2.05, 4.69) is 10.3 Å². The number of carbonyl (C=O) groups excluding carboxylic acids is 1. The monoisotopic (exact) mass is 568 g/mol. The minimum atomic E-state index is -4.91. The molecule has 0 radical (unpaired) electrons. The summed E-state index contributed by atoms with van der Waals surface area (Å²) in [5.74, 6) is -1.58. The van der Waals surface area contributed by atoms with E-state index in [9.17, 15) is 40.3 Å². The summed E-state index contributed by atoms with van der Waals surface area (Å²) >= 11 is 0. The van der Waals surface area contributed by atoms with Gasteiger partial charge < -0.3 is 10.1 Å². The lowest BCUT2D eigenvalue weighted by Crippen LogP contribution is -2.26. The van der Waals surface area contributed by atoms with Crippen molar-refractivity contribution in [3.8, 4) is 22.8 Å². The van der Waals surface area contributed by atoms with Gasteiger partial charge in [0, 0.05) is 31.3 Å². The number of pyridine rings is 1. The molecular formula is C26H19F7N4O3. The summed E-state index contributed by atoms with van der Waals surface area (Å²) in [5, 5.41) is 2.35. The summed E-state index contributed by atoms with van der Waals surface area (Å²) < 4.78 is 100. The van der Waals surface area contributed by atoms with E-state index in [4.69, 9.17) is 4.74 Å². The van der Waals surface area contributed by atoms with Crippen LogP contribution in [0.15, 0.2) is 71.7 Å². The number of hydrogen-bond donors (Lipinski definition) is 1. The highest BCUT2D eigenvalue weighted by Gasteiger charge is 2.37. The highest BCUT2D eigenvalue weighted by atomic mass is 19.4. The molecule has 14 heteroatoms. The first-order valence-electron chi connectivity index (χ1n) is 11.4. The van der Waals surface area contributed by atoms with Gasteiger partial charge in [0.1, 0.15) is 17.0 Å². The Morgan fingerprint density at radius 3 is 2.12 bits per heavy atom. The van der Waals surface area contributed by atoms with Gasteiger partial charge in [0.2, 0.25) is 6.36 Å². The van der Waals surface area contributed by atoms with Crippen LogP contribution in [0.1, 0.15) is 28.4 Å². The molecule has 1 N–H and O–H groups in total. The molecule has 4 aromatic rings. The Labute approximate surface area is 221 Å². The molecule has 0 fully saturated rings. The SMILES string of the molecule is CC(F)Oc1ccc(C(=O)Nc2c(-c3ccc(C(F)(F)F)cc3)n(C)n(-c3ncccc3C(F)(F)F)c2=O)cc1. The quantitative estimate of drug-likeness (QED) is 0.280. The van der Waals surface area contributed by atoms with Crippen LogP contribution in [0.25, 0.3) is 17.1 Å². The molecule has 2 aromatic carbocycles. The molecule has 2 aromatic heterocycles. The molecule has 7 nitrogen and oxygen atoms in total. The second-order valence-electron chi connectivity index (χ2n) is 8.45. The van der Waals surface area contributed by atoms with Crippen molar-refractivity contribution in [1.29, 1.82) is 0 Å². The van der Waals surface area contributed by atoms with Gasteiger partial charge in [-0.2, -0.15) is 31.0 Å². The summed E-state index contributed by atoms with van der Waals surface area (Å²) in [6.07, 6.45) is -10.2. The first kappa shape index (κ1) is 28.4. The predicted octanol–water partition coefficient (Wildman–Crippen LogP) is 6.22. The zero-order valence-electron chi connectivity index (χ0n) is 20.6. The van der Waals surface area contributed by atoms with Crippen LogP contribution < -0.4 is 15.6 Å². The van der Waals surface area contributed by atoms with Gasteiger partial charge in [0.15, 0.2) is 5.82 Å². The Kier molecular flexibility index (Phi) is 7.46. The molecule has 210 valence electrons. The predicted molar refractivity (Wildman–Crippen MR) is 130 cm³/mol. The van der Waals surface area contributed by atoms with Gasteiger partial charge in [-0.15, -0.1) is 0 Å². The molecule has 1 unspecified atom stereocenters. The Morgan fingerprint density at radius 1 is 0.950 bits per heavy atom. The molecule has 2 heterocycles. The third kappa shape index (κ3) is 5.70. The van der Waals surface area contributed by atoms with Gasteiger partial charge >= 0.3 is 12.4 Å². The lowest BCUT2D eigenvalue weighted by Gasteiger charge is -2.15. The van der Waals surface area contributed by atoms with Crippen LogP contribution in [0.5, 0.6) is 5.75 Å². The van der Waals surface area contributed by atoms with E-state index in [-0.39, 0.29) is 22.6 Å². The van der Waals surface area contributed by atoms with Crippen LogP contribution in [0, 0.1) is 0 Å². The van der Waals surface area contributed by atoms with E-state index in [1.807, 2.05) is 0 Å². The number of anilines is 1. The number of benzene rings is 2. The van der Waals surface area contributed by atoms with Crippen molar-refractivity contribution in [2.75, 3.05) is 5.32 Å². The molecule has 0 saturated heterocycles. The zero-order chi connectivity index (χ0) is 29.4. The number of nitrogens with zero attached hydrogens (tertiary/aromatic N) is 3. The second-order valence-corrected chi connectivity index (χ2v) is 8.45. The fourth-order valence-corrected chi connectivity index (χ4v) is 3.95. The van der Waals surface area contributed by atoms with E-state index in [1.54, 1.807) is 0 Å². The molecule has 0 bridgehead atoms. The number of amides is 1. The van der Waals surface area contributed by atoms with Crippen molar-refractivity contribution in [2.24, 2.45) is 7.05 Å². The standard InChI is InChI=1S/C26H19F7N4O3/c1-14(27)40-18-11-7-16(8-12-18)23(38)35-20-21(15-5-9-17(10-6-15)25(28,29)30)36(2)37(24(20)39)22-19(26(31,32)33)4-3-13-34-22/h3-14H,1-2H3,(H,35,38). The number of halogens is 7. The highest BCUT2D eigenvalue weighted by molar-refractivity contribution is 6.06. The molecule has 0 aliphatic rings. The van der Waals surface area contributed by atoms with E-state index >= 15 is 0 Å². The van der Waals surface area contributed by atoms with Crippen molar-refractivity contribution in [3.05, 3.63) is 93.9 Å². The number of carbonyl (C=O) groups is 1. The van der Waals surface area contributed by atoms with Crippen molar-refractivity contribution in [3.63, 3.8) is 0 Å². The lowest BCUT2D eigenvalue weighted by molar-refractivity contribution is -0.138. The van der Waals surface area contributed by atoms with Crippen LogP contribution in [0.3, 0.4) is 0 Å². The molecule has 0 saturated carbocycles. The Balaban J connectivity index is 1.87. The molecule has 0 spiro atoms. The average molecular weight is 568 g/mol. The minimum Gasteiger partial charge on any atom is -0.461 e. The smallest absolute Gasteiger partial charge is 0.420 e. The van der Waals surface area contributed by atoms with E-state index in [1.165, 1.54) is 31.3 Å². The Morgan fingerprint density at radius 2 is 1.57 bits per heavy atom. The van der Waals surface area contributed by atoms with E-state index in [0.29, 0.717) is 10.7 Å². The molecule has 0 aliphatic carbocycles. The van der Waals surface area contributed by atoms with Crippen LogP contribution in [-0.2, 0) is 19.4 Å². The van der Waals surface area contributed by atoms with Crippen molar-refractivity contribution < 1.29 is 40.3 Å². The van der Waals surface area contributed by atoms with Crippen LogP contribution >= 0.6 is 0 Å². The maximum atomic E-state index is 13.8. The third-order valence-electron chi connectivity index (χ3n) is 5.70. The third-order valence-corrected chi connectivity index (χ3v) is 5.70. The summed E-state index contributed by atoms with van der Waals surface area (Å²) in [6, 6.07) is 10.3. The summed E-state index contributed by atoms with van der Waals surface area (Å²) in [6.45, 7) is 1.15. The maximum Gasteiger partial charge on any atom is 0.420 e. The number of ether oxygens (including phenoxy) is 1. The van der Waals surface area contributed by atoms with Gasteiger partial charge in [-0.25, -0.2) is 9.37 Å². The topological polar surface area (TPSA) is 78.2 Å². The minimum absolute atomic E-state index is 0.00757. The fourth-order valence-electron chi connectivity index (χ4n) is 3.95. The van der Waals surface area contributed by atoms with E-state index in [0.717, 1.165) is 48.1 Å². The van der Waals surface area contributed by atoms with Gasteiger partial charge in [0.25, 0.3) is 11.5 Å². The van der Waals surface area contributed by atoms with Crippen LogP contribution in [0.4, 0.5) is 36.4 Å². The Hall–Kier alpha value is -4.62. The number of alkyl halides is 7. The fraction of sp³-hybridized carbons (Fsp3) is 0.192. The molecule has 1 amide bonds. The number of nitrogens with one attached hydrogen (secondary N) is 1. The number of rotatable bonds is 6. The van der Waals surface area contributed by atoms with Gasteiger partial charge in [-0.05, 0) is 48.5 Å². The van der Waals surface area contributed by atoms with Crippen molar-refractivity contribution >= 4 is 11.6 Å². The van der Waals surface area contributed by atoms with E-state index < -0.39 is 52.8 Å². The normalized spacial score (nSPS) is 12.7. The zero-order valence-corrected chi connectivity index (χ0v) is 20.6. The molecule has 1 atom stereocenters. The molecule has 4 rings (SSSR count). The first-order valence-corrected chi connectivity index (χ1v) is 11.4. The van der Waals surface area contributed by atoms with Gasteiger partial charge in [-0.3, -0.25) is 14.3 Å². The number of aromatic nitrogens is 3. The summed E-state index contributed by atoms with van der Waals surface area (Å²) in [4.78, 5) is 30.3. The number of hydrogen-bond acceptors (Lipinski definition) is 4. The van der Waals surface area contributed by atoms with Crippen molar-refractivity contribution in [1.82, 2.24) is 14.3 Å². The second kappa shape index (κ2) is 10.5. The van der Waals surface area contributed by atoms with Crippen LogP contribution in [0.2, 0.25) is 0 Å². The molecule has 40 heavy (non-hydrogen) atoms. The van der Waals surface area contributed by atoms with Crippen molar-refractivity contribution in [2.45, 2.75) is 25.6 Å². The highest BCUT2D eigenvalue weighted by Crippen LogP contribution is 2.35. The van der Waals surface area contributed by atoms with Gasteiger partial charge in [0.05, 0.1) is 11.3 Å². The molecule has 0 aliphatic heterocycles. The summed E-state index contributed by atoms with van der Waals surface area (Å²) in [7, 11) is 1.20.